The zero-order valence-electron chi connectivity index (χ0n) is 24.2. The number of aromatic nitrogens is 1. The molecule has 3 aromatic rings. The summed E-state index contributed by atoms with van der Waals surface area (Å²) in [5.74, 6) is 0.729. The predicted molar refractivity (Wildman–Crippen MR) is 156 cm³/mol. The molecule has 0 aliphatic carbocycles. The van der Waals surface area contributed by atoms with Gasteiger partial charge < -0.3 is 20.4 Å². The lowest BCUT2D eigenvalue weighted by Gasteiger charge is -2.31. The fourth-order valence-corrected chi connectivity index (χ4v) is 4.41. The minimum Gasteiger partial charge on any atom is -0.489 e. The quantitative estimate of drug-likeness (QED) is 0.287. The third-order valence-corrected chi connectivity index (χ3v) is 6.35. The zero-order valence-corrected chi connectivity index (χ0v) is 24.2. The topological polar surface area (TPSA) is 86.5 Å². The maximum absolute atomic E-state index is 13.6. The van der Waals surface area contributed by atoms with Gasteiger partial charge in [-0.2, -0.15) is 0 Å². The van der Waals surface area contributed by atoms with Crippen LogP contribution in [0, 0.1) is 5.92 Å². The lowest BCUT2D eigenvalue weighted by atomic mass is 9.99. The van der Waals surface area contributed by atoms with Gasteiger partial charge in [0.25, 0.3) is 0 Å². The number of benzene rings is 2. The number of likely N-dealkylation sites (N-methyl/N-ethyl adjacent to an activating group) is 1. The van der Waals surface area contributed by atoms with E-state index in [0.717, 1.165) is 22.6 Å². The normalized spacial score (nSPS) is 13.2. The number of nitrogens with one attached hydrogen (secondary N) is 3. The molecule has 2 aromatic carbocycles. The van der Waals surface area contributed by atoms with Gasteiger partial charge in [-0.15, -0.1) is 0 Å². The van der Waals surface area contributed by atoms with Crippen molar-refractivity contribution in [1.82, 2.24) is 20.5 Å². The number of H-pyrrole nitrogens is 1. The summed E-state index contributed by atoms with van der Waals surface area (Å²) < 4.78 is 5.91. The van der Waals surface area contributed by atoms with Crippen LogP contribution >= 0.6 is 0 Å². The first-order chi connectivity index (χ1) is 18.5. The van der Waals surface area contributed by atoms with Crippen LogP contribution in [0.25, 0.3) is 0 Å². The molecule has 210 valence electrons. The van der Waals surface area contributed by atoms with E-state index in [1.54, 1.807) is 0 Å². The fraction of sp³-hybridized carbons (Fsp3) is 0.438. The highest BCUT2D eigenvalue weighted by atomic mass is 16.5. The molecule has 1 heterocycles. The van der Waals surface area contributed by atoms with Crippen LogP contribution in [0.3, 0.4) is 0 Å². The van der Waals surface area contributed by atoms with Gasteiger partial charge in [0.15, 0.2) is 0 Å². The Morgan fingerprint density at radius 3 is 2.21 bits per heavy atom. The van der Waals surface area contributed by atoms with Gasteiger partial charge in [0.1, 0.15) is 18.4 Å². The number of hydrogen-bond acceptors (Lipinski definition) is 4. The number of ether oxygens (including phenoxy) is 1. The molecular weight excluding hydrogens is 488 g/mol. The Morgan fingerprint density at radius 1 is 0.923 bits per heavy atom. The molecule has 0 aliphatic heterocycles. The van der Waals surface area contributed by atoms with Crippen molar-refractivity contribution >= 4 is 11.8 Å². The smallest absolute Gasteiger partial charge is 0.243 e. The van der Waals surface area contributed by atoms with Crippen LogP contribution in [0.5, 0.6) is 5.75 Å². The maximum atomic E-state index is 13.6. The second-order valence-electron chi connectivity index (χ2n) is 11.7. The minimum absolute atomic E-state index is 0.144. The Kier molecular flexibility index (Phi) is 10.8. The molecule has 0 saturated carbocycles. The van der Waals surface area contributed by atoms with Crippen molar-refractivity contribution in [2.24, 2.45) is 5.92 Å². The Balaban J connectivity index is 1.72. The highest BCUT2D eigenvalue weighted by Gasteiger charge is 2.30. The molecule has 0 saturated heterocycles. The van der Waals surface area contributed by atoms with Gasteiger partial charge in [0.05, 0.1) is 6.04 Å². The summed E-state index contributed by atoms with van der Waals surface area (Å²) >= 11 is 0. The third-order valence-electron chi connectivity index (χ3n) is 6.35. The first-order valence-corrected chi connectivity index (χ1v) is 13.7. The van der Waals surface area contributed by atoms with Gasteiger partial charge in [-0.3, -0.25) is 14.5 Å². The molecule has 0 spiro atoms. The number of nitrogens with zero attached hydrogens (tertiary/aromatic N) is 1. The maximum Gasteiger partial charge on any atom is 0.243 e. The van der Waals surface area contributed by atoms with E-state index in [4.69, 9.17) is 4.74 Å². The van der Waals surface area contributed by atoms with E-state index in [-0.39, 0.29) is 17.9 Å². The Hall–Kier alpha value is -3.58. The Morgan fingerprint density at radius 2 is 1.62 bits per heavy atom. The lowest BCUT2D eigenvalue weighted by Crippen LogP contribution is -2.56. The summed E-state index contributed by atoms with van der Waals surface area (Å²) in [5.41, 5.74) is 2.66. The van der Waals surface area contributed by atoms with Gasteiger partial charge in [-0.25, -0.2) is 0 Å². The molecule has 0 aliphatic rings. The number of carbonyl (C=O) groups excluding carboxylic acids is 2. The van der Waals surface area contributed by atoms with E-state index < -0.39 is 11.6 Å². The molecule has 39 heavy (non-hydrogen) atoms. The van der Waals surface area contributed by atoms with Crippen LogP contribution < -0.4 is 15.4 Å². The molecule has 1 aromatic heterocycles. The summed E-state index contributed by atoms with van der Waals surface area (Å²) in [5, 5.41) is 6.12. The van der Waals surface area contributed by atoms with Crippen molar-refractivity contribution in [2.75, 3.05) is 7.05 Å². The summed E-state index contributed by atoms with van der Waals surface area (Å²) in [6.07, 6.45) is 2.94. The minimum atomic E-state index is -0.707. The van der Waals surface area contributed by atoms with Crippen molar-refractivity contribution in [2.45, 2.75) is 78.2 Å². The molecule has 7 heteroatoms. The molecule has 2 atom stereocenters. The van der Waals surface area contributed by atoms with Gasteiger partial charge >= 0.3 is 0 Å². The third kappa shape index (κ3) is 10.2. The monoisotopic (exact) mass is 532 g/mol. The van der Waals surface area contributed by atoms with Gasteiger partial charge in [0, 0.05) is 30.4 Å². The second-order valence-corrected chi connectivity index (χ2v) is 11.7. The van der Waals surface area contributed by atoms with E-state index in [9.17, 15) is 9.59 Å². The lowest BCUT2D eigenvalue weighted by molar-refractivity contribution is -0.132. The highest BCUT2D eigenvalue weighted by Crippen LogP contribution is 2.17. The van der Waals surface area contributed by atoms with E-state index in [0.29, 0.717) is 31.9 Å². The summed E-state index contributed by atoms with van der Waals surface area (Å²) in [6.45, 7) is 11.1. The van der Waals surface area contributed by atoms with Gasteiger partial charge in [0.2, 0.25) is 11.8 Å². The molecule has 0 radical (unpaired) electrons. The Labute approximate surface area is 233 Å². The summed E-state index contributed by atoms with van der Waals surface area (Å²) in [7, 11) is 1.95. The van der Waals surface area contributed by atoms with Crippen molar-refractivity contribution in [3.05, 3.63) is 89.7 Å². The molecule has 3 rings (SSSR count). The van der Waals surface area contributed by atoms with Crippen LogP contribution in [0.2, 0.25) is 0 Å². The van der Waals surface area contributed by atoms with Crippen LogP contribution in [0.4, 0.5) is 0 Å². The highest BCUT2D eigenvalue weighted by molar-refractivity contribution is 5.90. The average molecular weight is 533 g/mol. The first kappa shape index (κ1) is 30.0. The number of rotatable bonds is 13. The van der Waals surface area contributed by atoms with E-state index in [1.807, 2.05) is 106 Å². The van der Waals surface area contributed by atoms with E-state index in [1.165, 1.54) is 0 Å². The molecule has 2 amide bonds. The fourth-order valence-electron chi connectivity index (χ4n) is 4.41. The van der Waals surface area contributed by atoms with Crippen LogP contribution in [0.15, 0.2) is 72.9 Å². The summed E-state index contributed by atoms with van der Waals surface area (Å²) in [4.78, 5) is 32.2. The summed E-state index contributed by atoms with van der Waals surface area (Å²) in [6, 6.07) is 20.6. The van der Waals surface area contributed by atoms with Crippen molar-refractivity contribution < 1.29 is 14.3 Å². The molecular formula is C32H44N4O3. The second kappa shape index (κ2) is 14.0. The van der Waals surface area contributed by atoms with Crippen LogP contribution in [-0.2, 0) is 29.2 Å². The predicted octanol–water partition coefficient (Wildman–Crippen LogP) is 5.08. The molecule has 0 bridgehead atoms. The standard InChI is InChI=1S/C32H44N4O3/c1-23(2)19-29(36(6)21-26-13-10-18-33-26)31(38)34-28(30(37)35-32(3,4)5)20-24-14-16-27(17-15-24)39-22-25-11-8-7-9-12-25/h7-18,23,28-29,33H,19-22H2,1-6H3,(H,34,38)(H,35,37)/t28-,29+/m0/s1. The van der Waals surface area contributed by atoms with E-state index >= 15 is 0 Å². The van der Waals surface area contributed by atoms with Crippen molar-refractivity contribution in [3.8, 4) is 5.75 Å². The first-order valence-electron chi connectivity index (χ1n) is 13.7. The van der Waals surface area contributed by atoms with E-state index in [2.05, 4.69) is 29.5 Å². The Bertz CT molecular complexity index is 1150. The zero-order chi connectivity index (χ0) is 28.4. The molecule has 0 fully saturated rings. The van der Waals surface area contributed by atoms with Gasteiger partial charge in [-0.05, 0) is 75.5 Å². The van der Waals surface area contributed by atoms with Crippen molar-refractivity contribution in [3.63, 3.8) is 0 Å². The molecule has 7 nitrogen and oxygen atoms in total. The number of hydrogen-bond donors (Lipinski definition) is 3. The molecule has 3 N–H and O–H groups in total. The average Bonchev–Trinajstić information content (AvgIpc) is 3.39. The van der Waals surface area contributed by atoms with Crippen molar-refractivity contribution in [1.29, 1.82) is 0 Å². The van der Waals surface area contributed by atoms with Crippen LogP contribution in [-0.4, -0.2) is 46.4 Å². The SMILES string of the molecule is CC(C)C[C@H](C(=O)N[C@@H](Cc1ccc(OCc2ccccc2)cc1)C(=O)NC(C)(C)C)N(C)Cc1ccc[nH]1. The molecule has 0 unspecified atom stereocenters. The van der Waals surface area contributed by atoms with Crippen LogP contribution in [0.1, 0.15) is 57.9 Å². The number of aromatic amines is 1. The number of amides is 2. The van der Waals surface area contributed by atoms with Gasteiger partial charge in [-0.1, -0.05) is 56.3 Å². The largest absolute Gasteiger partial charge is 0.489 e. The number of carbonyl (C=O) groups is 2.